The number of carbonyl (C=O) groups is 1. The standard InChI is InChI=1S/C13H18N4O/c18-13-15-7-8-17(13)12-3-1-10(2-4-12)16-11-5-6-14-9-11/h1-4,11,14,16H,5-9H2,(H,15,18). The molecule has 1 unspecified atom stereocenters. The SMILES string of the molecule is O=C1NCCN1c1ccc(NC2CCNC2)cc1. The first-order valence-corrected chi connectivity index (χ1v) is 6.45. The van der Waals surface area contributed by atoms with Gasteiger partial charge < -0.3 is 16.0 Å². The van der Waals surface area contributed by atoms with E-state index in [1.165, 1.54) is 0 Å². The van der Waals surface area contributed by atoms with Crippen LogP contribution in [0.2, 0.25) is 0 Å². The molecular weight excluding hydrogens is 228 g/mol. The molecule has 0 aromatic heterocycles. The number of nitrogens with zero attached hydrogens (tertiary/aromatic N) is 1. The van der Waals surface area contributed by atoms with Gasteiger partial charge >= 0.3 is 6.03 Å². The molecule has 0 saturated carbocycles. The summed E-state index contributed by atoms with van der Waals surface area (Å²) in [6, 6.07) is 8.59. The average Bonchev–Trinajstić information content (AvgIpc) is 3.02. The maximum atomic E-state index is 11.5. The Morgan fingerprint density at radius 1 is 1.22 bits per heavy atom. The van der Waals surface area contributed by atoms with Crippen LogP contribution >= 0.6 is 0 Å². The number of hydrogen-bond donors (Lipinski definition) is 3. The van der Waals surface area contributed by atoms with E-state index in [-0.39, 0.29) is 6.03 Å². The minimum Gasteiger partial charge on any atom is -0.381 e. The van der Waals surface area contributed by atoms with Crippen LogP contribution in [0.25, 0.3) is 0 Å². The second-order valence-corrected chi connectivity index (χ2v) is 4.76. The summed E-state index contributed by atoms with van der Waals surface area (Å²) in [5.41, 5.74) is 2.08. The van der Waals surface area contributed by atoms with Crippen molar-refractivity contribution < 1.29 is 4.79 Å². The fourth-order valence-corrected chi connectivity index (χ4v) is 2.47. The van der Waals surface area contributed by atoms with Crippen LogP contribution in [0.3, 0.4) is 0 Å². The van der Waals surface area contributed by atoms with Gasteiger partial charge in [-0.1, -0.05) is 0 Å². The van der Waals surface area contributed by atoms with Gasteiger partial charge in [0.05, 0.1) is 0 Å². The van der Waals surface area contributed by atoms with Gasteiger partial charge in [0.15, 0.2) is 0 Å². The van der Waals surface area contributed by atoms with E-state index < -0.39 is 0 Å². The molecule has 96 valence electrons. The minimum absolute atomic E-state index is 0.00398. The van der Waals surface area contributed by atoms with E-state index in [0.29, 0.717) is 6.04 Å². The summed E-state index contributed by atoms with van der Waals surface area (Å²) in [4.78, 5) is 13.3. The normalized spacial score (nSPS) is 23.2. The number of urea groups is 1. The quantitative estimate of drug-likeness (QED) is 0.745. The first-order chi connectivity index (χ1) is 8.83. The first-order valence-electron chi connectivity index (χ1n) is 6.45. The lowest BCUT2D eigenvalue weighted by Gasteiger charge is -2.16. The molecule has 5 nitrogen and oxygen atoms in total. The van der Waals surface area contributed by atoms with Crippen LogP contribution < -0.4 is 20.9 Å². The minimum atomic E-state index is -0.00398. The van der Waals surface area contributed by atoms with Crippen molar-refractivity contribution in [1.82, 2.24) is 10.6 Å². The lowest BCUT2D eigenvalue weighted by Crippen LogP contribution is -2.27. The van der Waals surface area contributed by atoms with Gasteiger partial charge in [0.2, 0.25) is 0 Å². The predicted octanol–water partition coefficient (Wildman–Crippen LogP) is 0.990. The van der Waals surface area contributed by atoms with Crippen LogP contribution in [0.4, 0.5) is 16.2 Å². The van der Waals surface area contributed by atoms with Crippen LogP contribution in [0.15, 0.2) is 24.3 Å². The molecule has 3 N–H and O–H groups in total. The van der Waals surface area contributed by atoms with Crippen molar-refractivity contribution in [1.29, 1.82) is 0 Å². The summed E-state index contributed by atoms with van der Waals surface area (Å²) in [6.07, 6.45) is 1.16. The van der Waals surface area contributed by atoms with E-state index in [0.717, 1.165) is 44.0 Å². The Balaban J connectivity index is 1.66. The molecular formula is C13H18N4O. The van der Waals surface area contributed by atoms with Gasteiger partial charge in [-0.2, -0.15) is 0 Å². The molecule has 2 aliphatic heterocycles. The molecule has 1 atom stereocenters. The van der Waals surface area contributed by atoms with Crippen molar-refractivity contribution in [2.75, 3.05) is 36.4 Å². The van der Waals surface area contributed by atoms with E-state index in [1.807, 2.05) is 24.3 Å². The van der Waals surface area contributed by atoms with Gasteiger partial charge in [0, 0.05) is 37.1 Å². The molecule has 0 radical (unpaired) electrons. The zero-order chi connectivity index (χ0) is 12.4. The fraction of sp³-hybridized carbons (Fsp3) is 0.462. The molecule has 2 saturated heterocycles. The fourth-order valence-electron chi connectivity index (χ4n) is 2.47. The topological polar surface area (TPSA) is 56.4 Å². The number of rotatable bonds is 3. The van der Waals surface area contributed by atoms with Crippen LogP contribution in [-0.2, 0) is 0 Å². The van der Waals surface area contributed by atoms with Gasteiger partial charge in [-0.05, 0) is 37.2 Å². The van der Waals surface area contributed by atoms with Gasteiger partial charge in [0.25, 0.3) is 0 Å². The average molecular weight is 246 g/mol. The molecule has 1 aromatic rings. The number of nitrogens with one attached hydrogen (secondary N) is 3. The highest BCUT2D eigenvalue weighted by atomic mass is 16.2. The maximum absolute atomic E-state index is 11.5. The molecule has 0 aliphatic carbocycles. The van der Waals surface area contributed by atoms with Crippen molar-refractivity contribution in [3.05, 3.63) is 24.3 Å². The summed E-state index contributed by atoms with van der Waals surface area (Å²) in [5, 5.41) is 9.62. The molecule has 5 heteroatoms. The number of benzene rings is 1. The second-order valence-electron chi connectivity index (χ2n) is 4.76. The van der Waals surface area contributed by atoms with E-state index >= 15 is 0 Å². The lowest BCUT2D eigenvalue weighted by molar-refractivity contribution is 0.252. The summed E-state index contributed by atoms with van der Waals surface area (Å²) >= 11 is 0. The van der Waals surface area contributed by atoms with Crippen molar-refractivity contribution in [2.45, 2.75) is 12.5 Å². The highest BCUT2D eigenvalue weighted by Crippen LogP contribution is 2.20. The summed E-state index contributed by atoms with van der Waals surface area (Å²) in [6.45, 7) is 3.59. The molecule has 0 bridgehead atoms. The molecule has 2 heterocycles. The Hall–Kier alpha value is -1.75. The van der Waals surface area contributed by atoms with E-state index in [2.05, 4.69) is 16.0 Å². The molecule has 2 amide bonds. The van der Waals surface area contributed by atoms with Gasteiger partial charge in [0.1, 0.15) is 0 Å². The molecule has 1 aromatic carbocycles. The highest BCUT2D eigenvalue weighted by Gasteiger charge is 2.21. The van der Waals surface area contributed by atoms with E-state index in [4.69, 9.17) is 0 Å². The number of hydrogen-bond acceptors (Lipinski definition) is 3. The third-order valence-corrected chi connectivity index (χ3v) is 3.47. The Morgan fingerprint density at radius 2 is 2.06 bits per heavy atom. The Morgan fingerprint density at radius 3 is 2.67 bits per heavy atom. The van der Waals surface area contributed by atoms with E-state index in [9.17, 15) is 4.79 Å². The zero-order valence-electron chi connectivity index (χ0n) is 10.3. The van der Waals surface area contributed by atoms with Crippen LogP contribution in [0.1, 0.15) is 6.42 Å². The summed E-state index contributed by atoms with van der Waals surface area (Å²) in [5.74, 6) is 0. The third-order valence-electron chi connectivity index (χ3n) is 3.47. The lowest BCUT2D eigenvalue weighted by atomic mass is 10.2. The molecule has 2 aliphatic rings. The smallest absolute Gasteiger partial charge is 0.321 e. The van der Waals surface area contributed by atoms with Gasteiger partial charge in [-0.3, -0.25) is 4.90 Å². The molecule has 0 spiro atoms. The summed E-state index contributed by atoms with van der Waals surface area (Å²) in [7, 11) is 0. The van der Waals surface area contributed by atoms with E-state index in [1.54, 1.807) is 4.90 Å². The highest BCUT2D eigenvalue weighted by molar-refractivity contribution is 5.94. The Bertz CT molecular complexity index is 425. The first kappa shape index (κ1) is 11.3. The Kier molecular flexibility index (Phi) is 3.06. The van der Waals surface area contributed by atoms with Crippen LogP contribution in [0, 0.1) is 0 Å². The molecule has 2 fully saturated rings. The van der Waals surface area contributed by atoms with Gasteiger partial charge in [-0.15, -0.1) is 0 Å². The van der Waals surface area contributed by atoms with Crippen molar-refractivity contribution in [2.24, 2.45) is 0 Å². The molecule has 3 rings (SSSR count). The van der Waals surface area contributed by atoms with Crippen molar-refractivity contribution in [3.8, 4) is 0 Å². The Labute approximate surface area is 107 Å². The molecule has 18 heavy (non-hydrogen) atoms. The largest absolute Gasteiger partial charge is 0.381 e. The van der Waals surface area contributed by atoms with Crippen LogP contribution in [-0.4, -0.2) is 38.3 Å². The number of amides is 2. The van der Waals surface area contributed by atoms with Gasteiger partial charge in [-0.25, -0.2) is 4.79 Å². The summed E-state index contributed by atoms with van der Waals surface area (Å²) < 4.78 is 0. The third kappa shape index (κ3) is 2.26. The monoisotopic (exact) mass is 246 g/mol. The maximum Gasteiger partial charge on any atom is 0.321 e. The predicted molar refractivity (Wildman–Crippen MR) is 72.1 cm³/mol. The second kappa shape index (κ2) is 4.86. The number of carbonyl (C=O) groups excluding carboxylic acids is 1. The van der Waals surface area contributed by atoms with Crippen molar-refractivity contribution in [3.63, 3.8) is 0 Å². The van der Waals surface area contributed by atoms with Crippen molar-refractivity contribution >= 4 is 17.4 Å². The number of anilines is 2. The zero-order valence-corrected chi connectivity index (χ0v) is 10.3. The van der Waals surface area contributed by atoms with Crippen LogP contribution in [0.5, 0.6) is 0 Å².